The van der Waals surface area contributed by atoms with Crippen LogP contribution in [0.15, 0.2) is 12.7 Å². The first-order chi connectivity index (χ1) is 8.52. The Morgan fingerprint density at radius 1 is 0.722 bits per heavy atom. The molecule has 2 rings (SSSR count). The summed E-state index contributed by atoms with van der Waals surface area (Å²) in [7, 11) is 0. The lowest BCUT2D eigenvalue weighted by Gasteiger charge is -2.07. The Hall–Kier alpha value is -2.32. The van der Waals surface area contributed by atoms with Crippen molar-refractivity contribution in [3.05, 3.63) is 41.7 Å². The number of ether oxygens (including phenoxy) is 1. The second-order valence-corrected chi connectivity index (χ2v) is 2.92. The molecule has 0 fully saturated rings. The maximum atomic E-state index is 13.2. The van der Waals surface area contributed by atoms with Gasteiger partial charge in [0.05, 0.1) is 0 Å². The minimum absolute atomic E-state index is 0.604. The molecule has 0 radical (unpaired) electrons. The van der Waals surface area contributed by atoms with Crippen molar-refractivity contribution in [1.29, 1.82) is 0 Å². The first-order valence-electron chi connectivity index (χ1n) is 4.33. The summed E-state index contributed by atoms with van der Waals surface area (Å²) in [5.41, 5.74) is 0. The maximum absolute atomic E-state index is 13.2. The lowest BCUT2D eigenvalue weighted by molar-refractivity contribution is 0.322. The van der Waals surface area contributed by atoms with Crippen molar-refractivity contribution in [3.8, 4) is 11.8 Å². The molecule has 9 heteroatoms. The smallest absolute Gasteiger partial charge is 0.325 e. The summed E-state index contributed by atoms with van der Waals surface area (Å²) in [4.78, 5) is 10.0. The van der Waals surface area contributed by atoms with E-state index in [1.165, 1.54) is 0 Å². The van der Waals surface area contributed by atoms with Gasteiger partial charge in [0.15, 0.2) is 0 Å². The molecule has 0 spiro atoms. The highest BCUT2D eigenvalue weighted by Crippen LogP contribution is 2.31. The number of aromatic nitrogens is 3. The van der Waals surface area contributed by atoms with Crippen molar-refractivity contribution >= 4 is 0 Å². The van der Waals surface area contributed by atoms with E-state index in [1.54, 1.807) is 0 Å². The van der Waals surface area contributed by atoms with E-state index >= 15 is 0 Å². The van der Waals surface area contributed by atoms with Gasteiger partial charge in [-0.15, -0.1) is 0 Å². The summed E-state index contributed by atoms with van der Waals surface area (Å²) in [6.07, 6.45) is 1.85. The van der Waals surface area contributed by atoms with E-state index in [4.69, 9.17) is 0 Å². The Labute approximate surface area is 96.1 Å². The largest absolute Gasteiger partial charge is 0.418 e. The zero-order chi connectivity index (χ0) is 13.3. The minimum atomic E-state index is -2.27. The summed E-state index contributed by atoms with van der Waals surface area (Å²) >= 11 is 0. The van der Waals surface area contributed by atoms with Crippen LogP contribution in [0.2, 0.25) is 0 Å². The van der Waals surface area contributed by atoms with Crippen LogP contribution in [0.5, 0.6) is 11.8 Å². The van der Waals surface area contributed by atoms with Gasteiger partial charge in [-0.2, -0.15) is 18.7 Å². The predicted molar refractivity (Wildman–Crippen MR) is 46.1 cm³/mol. The SMILES string of the molecule is Fc1c(F)c(F)c(Oc2ncncn2)c(F)c1F. The van der Waals surface area contributed by atoms with Gasteiger partial charge in [-0.1, -0.05) is 0 Å². The zero-order valence-corrected chi connectivity index (χ0v) is 8.29. The molecule has 1 aromatic carbocycles. The van der Waals surface area contributed by atoms with Gasteiger partial charge in [0.2, 0.25) is 34.8 Å². The first kappa shape index (κ1) is 12.1. The van der Waals surface area contributed by atoms with Crippen molar-refractivity contribution in [1.82, 2.24) is 15.0 Å². The molecule has 18 heavy (non-hydrogen) atoms. The number of benzene rings is 1. The van der Waals surface area contributed by atoms with Gasteiger partial charge < -0.3 is 4.74 Å². The third-order valence-corrected chi connectivity index (χ3v) is 1.83. The monoisotopic (exact) mass is 263 g/mol. The van der Waals surface area contributed by atoms with Crippen LogP contribution >= 0.6 is 0 Å². The molecule has 0 saturated carbocycles. The molecular weight excluding hydrogens is 261 g/mol. The average molecular weight is 263 g/mol. The normalized spacial score (nSPS) is 10.5. The fourth-order valence-electron chi connectivity index (χ4n) is 1.05. The summed E-state index contributed by atoms with van der Waals surface area (Å²) in [5, 5.41) is 0. The van der Waals surface area contributed by atoms with E-state index in [0.29, 0.717) is 0 Å². The summed E-state index contributed by atoms with van der Waals surface area (Å²) in [5.74, 6) is -12.2. The van der Waals surface area contributed by atoms with Crippen LogP contribution in [0.25, 0.3) is 0 Å². The highest BCUT2D eigenvalue weighted by Gasteiger charge is 2.27. The molecule has 1 heterocycles. The van der Waals surface area contributed by atoms with Crippen LogP contribution in [0.3, 0.4) is 0 Å². The van der Waals surface area contributed by atoms with Crippen molar-refractivity contribution in [3.63, 3.8) is 0 Å². The molecule has 0 unspecified atom stereocenters. The molecule has 4 nitrogen and oxygen atoms in total. The standard InChI is InChI=1S/C9H2F5N3O/c10-3-4(11)6(13)8(7(14)5(3)12)18-9-16-1-15-2-17-9/h1-2H. The second kappa shape index (κ2) is 4.51. The number of rotatable bonds is 2. The van der Waals surface area contributed by atoms with Crippen molar-refractivity contribution in [2.45, 2.75) is 0 Å². The van der Waals surface area contributed by atoms with Crippen molar-refractivity contribution in [2.24, 2.45) is 0 Å². The molecular formula is C9H2F5N3O. The molecule has 2 aromatic rings. The maximum Gasteiger partial charge on any atom is 0.325 e. The lowest BCUT2D eigenvalue weighted by Crippen LogP contribution is -2.05. The van der Waals surface area contributed by atoms with Gasteiger partial charge in [0.1, 0.15) is 12.7 Å². The van der Waals surface area contributed by atoms with Gasteiger partial charge in [0.25, 0.3) is 0 Å². The predicted octanol–water partition coefficient (Wildman–Crippen LogP) is 2.36. The van der Waals surface area contributed by atoms with Gasteiger partial charge in [-0.25, -0.2) is 18.2 Å². The van der Waals surface area contributed by atoms with E-state index in [2.05, 4.69) is 19.7 Å². The highest BCUT2D eigenvalue weighted by molar-refractivity contribution is 5.31. The number of hydrogen-bond acceptors (Lipinski definition) is 4. The van der Waals surface area contributed by atoms with Gasteiger partial charge >= 0.3 is 6.01 Å². The Morgan fingerprint density at radius 2 is 1.17 bits per heavy atom. The van der Waals surface area contributed by atoms with E-state index in [1.807, 2.05) is 0 Å². The number of hydrogen-bond donors (Lipinski definition) is 0. The van der Waals surface area contributed by atoms with E-state index in [0.717, 1.165) is 12.7 Å². The average Bonchev–Trinajstić information content (AvgIpc) is 2.40. The third-order valence-electron chi connectivity index (χ3n) is 1.83. The fourth-order valence-corrected chi connectivity index (χ4v) is 1.05. The van der Waals surface area contributed by atoms with Gasteiger partial charge in [-0.3, -0.25) is 0 Å². The second-order valence-electron chi connectivity index (χ2n) is 2.92. The minimum Gasteiger partial charge on any atom is -0.418 e. The van der Waals surface area contributed by atoms with Crippen LogP contribution in [-0.2, 0) is 0 Å². The summed E-state index contributed by atoms with van der Waals surface area (Å²) in [6, 6.07) is -0.604. The summed E-state index contributed by atoms with van der Waals surface area (Å²) in [6.45, 7) is 0. The molecule has 0 amide bonds. The fraction of sp³-hybridized carbons (Fsp3) is 0. The molecule has 0 atom stereocenters. The first-order valence-corrected chi connectivity index (χ1v) is 4.33. The molecule has 1 aromatic heterocycles. The Bertz CT molecular complexity index is 563. The van der Waals surface area contributed by atoms with E-state index in [-0.39, 0.29) is 0 Å². The molecule has 0 aliphatic carbocycles. The highest BCUT2D eigenvalue weighted by atomic mass is 19.2. The Kier molecular flexibility index (Phi) is 3.04. The van der Waals surface area contributed by atoms with E-state index < -0.39 is 40.8 Å². The van der Waals surface area contributed by atoms with Crippen LogP contribution in [-0.4, -0.2) is 15.0 Å². The molecule has 0 aliphatic rings. The number of nitrogens with zero attached hydrogens (tertiary/aromatic N) is 3. The lowest BCUT2D eigenvalue weighted by atomic mass is 10.2. The Morgan fingerprint density at radius 3 is 1.67 bits per heavy atom. The van der Waals surface area contributed by atoms with Gasteiger partial charge in [0, 0.05) is 0 Å². The van der Waals surface area contributed by atoms with Crippen LogP contribution < -0.4 is 4.74 Å². The quantitative estimate of drug-likeness (QED) is 0.474. The van der Waals surface area contributed by atoms with E-state index in [9.17, 15) is 22.0 Å². The van der Waals surface area contributed by atoms with Crippen LogP contribution in [0, 0.1) is 29.1 Å². The molecule has 0 N–H and O–H groups in total. The topological polar surface area (TPSA) is 47.9 Å². The van der Waals surface area contributed by atoms with Crippen LogP contribution in [0.1, 0.15) is 0 Å². The van der Waals surface area contributed by atoms with Crippen molar-refractivity contribution in [2.75, 3.05) is 0 Å². The third kappa shape index (κ3) is 1.94. The van der Waals surface area contributed by atoms with Crippen molar-refractivity contribution < 1.29 is 26.7 Å². The zero-order valence-electron chi connectivity index (χ0n) is 8.29. The molecule has 0 bridgehead atoms. The van der Waals surface area contributed by atoms with Crippen LogP contribution in [0.4, 0.5) is 22.0 Å². The van der Waals surface area contributed by atoms with Gasteiger partial charge in [-0.05, 0) is 0 Å². The summed E-state index contributed by atoms with van der Waals surface area (Å²) < 4.78 is 69.1. The molecule has 94 valence electrons. The molecule has 0 aliphatic heterocycles. The molecule has 0 saturated heterocycles. The number of halogens is 5. The Balaban J connectivity index is 2.52.